The third-order valence-corrected chi connectivity index (χ3v) is 8.87. The van der Waals surface area contributed by atoms with Crippen molar-refractivity contribution in [1.29, 1.82) is 0 Å². The second-order valence-electron chi connectivity index (χ2n) is 12.4. The van der Waals surface area contributed by atoms with Gasteiger partial charge in [-0.1, -0.05) is 115 Å². The molecule has 4 aromatic carbocycles. The summed E-state index contributed by atoms with van der Waals surface area (Å²) in [5.41, 5.74) is 4.77. The lowest BCUT2D eigenvalue weighted by Gasteiger charge is -2.31. The molecule has 0 fully saturated rings. The van der Waals surface area contributed by atoms with Crippen molar-refractivity contribution in [2.75, 3.05) is 0 Å². The van der Waals surface area contributed by atoms with E-state index in [-0.39, 0.29) is 31.2 Å². The van der Waals surface area contributed by atoms with Crippen LogP contribution in [0.1, 0.15) is 41.2 Å². The highest BCUT2D eigenvalue weighted by Gasteiger charge is 2.36. The number of rotatable bonds is 14. The van der Waals surface area contributed by atoms with Gasteiger partial charge in [-0.2, -0.15) is 0 Å². The van der Waals surface area contributed by atoms with Crippen LogP contribution in [0, 0.1) is 5.92 Å². The fourth-order valence-corrected chi connectivity index (χ4v) is 6.15. The van der Waals surface area contributed by atoms with Crippen LogP contribution in [0.4, 0.5) is 4.79 Å². The Hall–Kier alpha value is -5.57. The van der Waals surface area contributed by atoms with Crippen molar-refractivity contribution in [3.8, 4) is 0 Å². The number of fused-ring (bicyclic) bond motifs is 1. The first-order chi connectivity index (χ1) is 23.8. The summed E-state index contributed by atoms with van der Waals surface area (Å²) in [5.74, 6) is -1.81. The van der Waals surface area contributed by atoms with E-state index < -0.39 is 36.0 Å². The van der Waals surface area contributed by atoms with E-state index in [0.29, 0.717) is 25.5 Å². The number of carbonyl (C=O) groups is 5. The number of hydrogen-bond donors (Lipinski definition) is 3. The standard InChI is InChI=1S/C40H42N4O5/c1-28(42-38(47)34-24-32-19-11-12-20-33(32)25-34)37(46)43-36(22-21-29-13-5-2-6-14-29)39(48)44(35(27-45)23-30-15-7-3-8-16-30)40(49)41-26-31-17-9-4-10-18-31/h2-20,27-28,34-36H,21-26H2,1H3,(H,41,49)(H,42,47)(H,43,46)/t28-,35-,36-/m0/s1. The summed E-state index contributed by atoms with van der Waals surface area (Å²) in [6, 6.07) is 31.8. The summed E-state index contributed by atoms with van der Waals surface area (Å²) in [6.07, 6.45) is 2.46. The quantitative estimate of drug-likeness (QED) is 0.171. The molecular formula is C40H42N4O5. The third kappa shape index (κ3) is 9.50. The number of amides is 5. The Bertz CT molecular complexity index is 1710. The highest BCUT2D eigenvalue weighted by molar-refractivity contribution is 6.01. The summed E-state index contributed by atoms with van der Waals surface area (Å²) in [4.78, 5) is 68.5. The van der Waals surface area contributed by atoms with Crippen LogP contribution in [0.15, 0.2) is 115 Å². The Morgan fingerprint density at radius 3 is 1.84 bits per heavy atom. The molecule has 0 unspecified atom stereocenters. The van der Waals surface area contributed by atoms with Gasteiger partial charge < -0.3 is 20.7 Å². The number of benzene rings is 4. The van der Waals surface area contributed by atoms with E-state index in [2.05, 4.69) is 16.0 Å². The van der Waals surface area contributed by atoms with E-state index in [1.165, 1.54) is 0 Å². The van der Waals surface area contributed by atoms with E-state index >= 15 is 0 Å². The second kappa shape index (κ2) is 17.0. The normalized spacial score (nSPS) is 14.1. The van der Waals surface area contributed by atoms with Gasteiger partial charge in [0.1, 0.15) is 24.4 Å². The topological polar surface area (TPSA) is 125 Å². The van der Waals surface area contributed by atoms with Gasteiger partial charge in [0.2, 0.25) is 11.8 Å². The first kappa shape index (κ1) is 34.8. The molecule has 3 N–H and O–H groups in total. The minimum Gasteiger partial charge on any atom is -0.344 e. The van der Waals surface area contributed by atoms with Crippen LogP contribution in [0.3, 0.4) is 0 Å². The highest BCUT2D eigenvalue weighted by Crippen LogP contribution is 2.26. The van der Waals surface area contributed by atoms with E-state index in [9.17, 15) is 24.0 Å². The molecule has 9 nitrogen and oxygen atoms in total. The van der Waals surface area contributed by atoms with Gasteiger partial charge in [-0.25, -0.2) is 4.79 Å². The molecule has 0 saturated heterocycles. The van der Waals surface area contributed by atoms with Crippen LogP contribution < -0.4 is 16.0 Å². The summed E-state index contributed by atoms with van der Waals surface area (Å²) < 4.78 is 0. The lowest BCUT2D eigenvalue weighted by Crippen LogP contribution is -2.59. The largest absolute Gasteiger partial charge is 0.344 e. The van der Waals surface area contributed by atoms with E-state index in [1.54, 1.807) is 6.92 Å². The number of hydrogen-bond acceptors (Lipinski definition) is 5. The van der Waals surface area contributed by atoms with Gasteiger partial charge in [0.15, 0.2) is 0 Å². The van der Waals surface area contributed by atoms with Gasteiger partial charge >= 0.3 is 6.03 Å². The Balaban J connectivity index is 1.35. The van der Waals surface area contributed by atoms with Crippen LogP contribution in [-0.2, 0) is 51.4 Å². The molecule has 0 heterocycles. The molecule has 0 spiro atoms. The van der Waals surface area contributed by atoms with Crippen molar-refractivity contribution in [2.24, 2.45) is 5.92 Å². The number of urea groups is 1. The van der Waals surface area contributed by atoms with Gasteiger partial charge in [0, 0.05) is 18.9 Å². The summed E-state index contributed by atoms with van der Waals surface area (Å²) in [7, 11) is 0. The Labute approximate surface area is 287 Å². The Kier molecular flexibility index (Phi) is 12.1. The zero-order chi connectivity index (χ0) is 34.6. The van der Waals surface area contributed by atoms with Crippen molar-refractivity contribution in [3.63, 3.8) is 0 Å². The molecule has 5 rings (SSSR count). The molecule has 252 valence electrons. The van der Waals surface area contributed by atoms with Gasteiger partial charge in [0.05, 0.1) is 0 Å². The molecule has 1 aliphatic rings. The molecule has 0 bridgehead atoms. The zero-order valence-corrected chi connectivity index (χ0v) is 27.6. The van der Waals surface area contributed by atoms with Gasteiger partial charge in [-0.3, -0.25) is 19.3 Å². The maximum Gasteiger partial charge on any atom is 0.325 e. The molecule has 0 radical (unpaired) electrons. The zero-order valence-electron chi connectivity index (χ0n) is 27.6. The van der Waals surface area contributed by atoms with Gasteiger partial charge in [0.25, 0.3) is 5.91 Å². The summed E-state index contributed by atoms with van der Waals surface area (Å²) in [6.45, 7) is 1.71. The van der Waals surface area contributed by atoms with Crippen molar-refractivity contribution in [3.05, 3.63) is 143 Å². The lowest BCUT2D eigenvalue weighted by atomic mass is 10.0. The fraction of sp³-hybridized carbons (Fsp3) is 0.275. The monoisotopic (exact) mass is 658 g/mol. The molecule has 4 aromatic rings. The smallest absolute Gasteiger partial charge is 0.325 e. The minimum absolute atomic E-state index is 0.102. The van der Waals surface area contributed by atoms with Crippen LogP contribution in [-0.4, -0.2) is 53.1 Å². The maximum atomic E-state index is 14.4. The van der Waals surface area contributed by atoms with E-state index in [0.717, 1.165) is 32.7 Å². The van der Waals surface area contributed by atoms with Crippen LogP contribution in [0.5, 0.6) is 0 Å². The minimum atomic E-state index is -1.16. The SMILES string of the molecule is C[C@H](NC(=O)C1Cc2ccccc2C1)C(=O)N[C@@H](CCc1ccccc1)C(=O)N(C(=O)NCc1ccccc1)[C@H](C=O)Cc1ccccc1. The van der Waals surface area contributed by atoms with Crippen LogP contribution in [0.25, 0.3) is 0 Å². The molecule has 0 saturated carbocycles. The van der Waals surface area contributed by atoms with E-state index in [1.807, 2.05) is 115 Å². The molecule has 5 amide bonds. The molecule has 3 atom stereocenters. The van der Waals surface area contributed by atoms with Crippen molar-refractivity contribution in [2.45, 2.75) is 63.7 Å². The maximum absolute atomic E-state index is 14.4. The molecule has 9 heteroatoms. The number of aryl methyl sites for hydroxylation is 1. The van der Waals surface area contributed by atoms with E-state index in [4.69, 9.17) is 0 Å². The summed E-state index contributed by atoms with van der Waals surface area (Å²) >= 11 is 0. The number of nitrogens with one attached hydrogen (secondary N) is 3. The van der Waals surface area contributed by atoms with Crippen molar-refractivity contribution < 1.29 is 24.0 Å². The highest BCUT2D eigenvalue weighted by atomic mass is 16.2. The number of imide groups is 1. The average Bonchev–Trinajstić information content (AvgIpc) is 3.58. The summed E-state index contributed by atoms with van der Waals surface area (Å²) in [5, 5.41) is 8.42. The average molecular weight is 659 g/mol. The number of aldehydes is 1. The molecule has 49 heavy (non-hydrogen) atoms. The lowest BCUT2D eigenvalue weighted by molar-refractivity contribution is -0.138. The fourth-order valence-electron chi connectivity index (χ4n) is 6.15. The predicted molar refractivity (Wildman–Crippen MR) is 187 cm³/mol. The van der Waals surface area contributed by atoms with Gasteiger partial charge in [-0.15, -0.1) is 0 Å². The first-order valence-electron chi connectivity index (χ1n) is 16.7. The molecular weight excluding hydrogens is 616 g/mol. The van der Waals surface area contributed by atoms with Crippen molar-refractivity contribution >= 4 is 30.0 Å². The first-order valence-corrected chi connectivity index (χ1v) is 16.7. The van der Waals surface area contributed by atoms with Crippen LogP contribution in [0.2, 0.25) is 0 Å². The number of carbonyl (C=O) groups excluding carboxylic acids is 5. The molecule has 0 aliphatic heterocycles. The Morgan fingerprint density at radius 2 is 1.27 bits per heavy atom. The predicted octanol–water partition coefficient (Wildman–Crippen LogP) is 4.57. The third-order valence-electron chi connectivity index (χ3n) is 8.87. The molecule has 0 aromatic heterocycles. The Morgan fingerprint density at radius 1 is 0.735 bits per heavy atom. The number of nitrogens with zero attached hydrogens (tertiary/aromatic N) is 1. The second-order valence-corrected chi connectivity index (χ2v) is 12.4. The van der Waals surface area contributed by atoms with Gasteiger partial charge in [-0.05, 0) is 60.4 Å². The van der Waals surface area contributed by atoms with Crippen LogP contribution >= 0.6 is 0 Å². The molecule has 1 aliphatic carbocycles. The van der Waals surface area contributed by atoms with Crippen molar-refractivity contribution in [1.82, 2.24) is 20.9 Å².